The predicted molar refractivity (Wildman–Crippen MR) is 87.1 cm³/mol. The van der Waals surface area contributed by atoms with E-state index in [9.17, 15) is 4.79 Å². The highest BCUT2D eigenvalue weighted by Gasteiger charge is 2.16. The fraction of sp³-hybridized carbons (Fsp3) is 0.154. The van der Waals surface area contributed by atoms with Gasteiger partial charge in [-0.3, -0.25) is 10.6 Å². The molecule has 1 aromatic carbocycles. The molecular formula is C13H13BrClN3OS. The minimum Gasteiger partial charge on any atom is -0.337 e. The first kappa shape index (κ1) is 15.3. The van der Waals surface area contributed by atoms with Crippen LogP contribution >= 0.6 is 38.9 Å². The summed E-state index contributed by atoms with van der Waals surface area (Å²) in [6, 6.07) is 6.97. The van der Waals surface area contributed by atoms with Gasteiger partial charge in [-0.1, -0.05) is 11.6 Å². The summed E-state index contributed by atoms with van der Waals surface area (Å²) in [7, 11) is 1.75. The first-order valence-corrected chi connectivity index (χ1v) is 7.81. The van der Waals surface area contributed by atoms with Gasteiger partial charge in [0.2, 0.25) is 0 Å². The van der Waals surface area contributed by atoms with E-state index in [-0.39, 0.29) is 5.91 Å². The Morgan fingerprint density at radius 1 is 1.50 bits per heavy atom. The molecule has 1 aromatic heterocycles. The summed E-state index contributed by atoms with van der Waals surface area (Å²) >= 11 is 10.9. The third-order valence-electron chi connectivity index (χ3n) is 2.76. The van der Waals surface area contributed by atoms with Gasteiger partial charge in [0, 0.05) is 18.6 Å². The van der Waals surface area contributed by atoms with Crippen molar-refractivity contribution in [3.05, 3.63) is 49.6 Å². The Morgan fingerprint density at radius 2 is 2.25 bits per heavy atom. The smallest absolute Gasteiger partial charge is 0.256 e. The number of amides is 1. The number of thiophene rings is 1. The second kappa shape index (κ2) is 6.58. The Labute approximate surface area is 134 Å². The van der Waals surface area contributed by atoms with Crippen LogP contribution in [0.15, 0.2) is 33.4 Å². The number of nitrogens with zero attached hydrogens (tertiary/aromatic N) is 1. The number of hydrogen-bond acceptors (Lipinski definition) is 4. The summed E-state index contributed by atoms with van der Waals surface area (Å²) in [5, 5.41) is 2.51. The molecule has 0 fully saturated rings. The van der Waals surface area contributed by atoms with Crippen molar-refractivity contribution in [2.24, 2.45) is 5.84 Å². The molecule has 0 radical (unpaired) electrons. The zero-order valence-corrected chi connectivity index (χ0v) is 13.8. The average Bonchev–Trinajstić information content (AvgIpc) is 2.83. The van der Waals surface area contributed by atoms with Gasteiger partial charge in [-0.25, -0.2) is 0 Å². The SMILES string of the molecule is CN(Cc1csc(Br)c1)C(=O)c1cc(Cl)ccc1NN. The van der Waals surface area contributed by atoms with Crippen molar-refractivity contribution in [2.45, 2.75) is 6.54 Å². The van der Waals surface area contributed by atoms with Gasteiger partial charge in [-0.15, -0.1) is 11.3 Å². The quantitative estimate of drug-likeness (QED) is 0.633. The minimum atomic E-state index is -0.136. The molecule has 1 amide bonds. The van der Waals surface area contributed by atoms with Crippen molar-refractivity contribution in [3.8, 4) is 0 Å². The lowest BCUT2D eigenvalue weighted by Crippen LogP contribution is -2.27. The number of anilines is 1. The number of hydrazine groups is 1. The van der Waals surface area contributed by atoms with E-state index in [2.05, 4.69) is 21.4 Å². The van der Waals surface area contributed by atoms with E-state index in [4.69, 9.17) is 17.4 Å². The van der Waals surface area contributed by atoms with Crippen LogP contribution in [0.25, 0.3) is 0 Å². The van der Waals surface area contributed by atoms with E-state index in [1.807, 2.05) is 11.4 Å². The summed E-state index contributed by atoms with van der Waals surface area (Å²) in [5.74, 6) is 5.29. The average molecular weight is 375 g/mol. The Morgan fingerprint density at radius 3 is 2.85 bits per heavy atom. The number of benzene rings is 1. The molecule has 4 nitrogen and oxygen atoms in total. The van der Waals surface area contributed by atoms with Crippen LogP contribution in [0.2, 0.25) is 5.02 Å². The van der Waals surface area contributed by atoms with Crippen molar-refractivity contribution in [3.63, 3.8) is 0 Å². The van der Waals surface area contributed by atoms with Crippen molar-refractivity contribution in [1.29, 1.82) is 0 Å². The fourth-order valence-corrected chi connectivity index (χ4v) is 3.17. The number of halogens is 2. The molecule has 0 spiro atoms. The zero-order chi connectivity index (χ0) is 14.7. The standard InChI is InChI=1S/C13H13BrClN3OS/c1-18(6-8-4-12(14)20-7-8)13(19)10-5-9(15)2-3-11(10)17-16/h2-5,7,17H,6,16H2,1H3. The normalized spacial score (nSPS) is 10.4. The Kier molecular flexibility index (Phi) is 5.04. The number of nitrogens with one attached hydrogen (secondary N) is 1. The molecule has 1 heterocycles. The van der Waals surface area contributed by atoms with Gasteiger partial charge in [0.25, 0.3) is 5.91 Å². The molecule has 0 aliphatic carbocycles. The maximum absolute atomic E-state index is 12.5. The van der Waals surface area contributed by atoms with Crippen LogP contribution in [0.5, 0.6) is 0 Å². The molecule has 0 saturated heterocycles. The van der Waals surface area contributed by atoms with Crippen LogP contribution in [-0.2, 0) is 6.54 Å². The Bertz CT molecular complexity index is 632. The maximum Gasteiger partial charge on any atom is 0.256 e. The third-order valence-corrected chi connectivity index (χ3v) is 4.54. The topological polar surface area (TPSA) is 58.4 Å². The molecule has 0 bridgehead atoms. The van der Waals surface area contributed by atoms with Crippen molar-refractivity contribution >= 4 is 50.5 Å². The van der Waals surface area contributed by atoms with E-state index in [0.717, 1.165) is 9.35 Å². The second-order valence-electron chi connectivity index (χ2n) is 4.25. The Hall–Kier alpha value is -1.08. The summed E-state index contributed by atoms with van der Waals surface area (Å²) in [5.41, 5.74) is 4.60. The molecule has 20 heavy (non-hydrogen) atoms. The van der Waals surface area contributed by atoms with Gasteiger partial charge in [-0.05, 0) is 51.1 Å². The number of hydrogen-bond donors (Lipinski definition) is 2. The van der Waals surface area contributed by atoms with Gasteiger partial charge in [0.05, 0.1) is 15.0 Å². The van der Waals surface area contributed by atoms with Crippen molar-refractivity contribution < 1.29 is 4.79 Å². The van der Waals surface area contributed by atoms with Crippen LogP contribution in [0.3, 0.4) is 0 Å². The lowest BCUT2D eigenvalue weighted by atomic mass is 10.1. The predicted octanol–water partition coefficient (Wildman–Crippen LogP) is 3.72. The van der Waals surface area contributed by atoms with E-state index in [0.29, 0.717) is 22.8 Å². The van der Waals surface area contributed by atoms with Crippen molar-refractivity contribution in [2.75, 3.05) is 12.5 Å². The molecule has 0 aliphatic rings. The van der Waals surface area contributed by atoms with Crippen LogP contribution in [0.1, 0.15) is 15.9 Å². The molecular weight excluding hydrogens is 362 g/mol. The lowest BCUT2D eigenvalue weighted by Gasteiger charge is -2.18. The summed E-state index contributed by atoms with van der Waals surface area (Å²) in [6.45, 7) is 0.525. The number of nitrogens with two attached hydrogens (primary N) is 1. The molecule has 0 atom stereocenters. The third kappa shape index (κ3) is 3.52. The van der Waals surface area contributed by atoms with Crippen LogP contribution in [-0.4, -0.2) is 17.9 Å². The van der Waals surface area contributed by atoms with Gasteiger partial charge in [0.1, 0.15) is 0 Å². The van der Waals surface area contributed by atoms with Crippen LogP contribution < -0.4 is 11.3 Å². The molecule has 2 aromatic rings. The molecule has 0 aliphatic heterocycles. The maximum atomic E-state index is 12.5. The molecule has 0 unspecified atom stereocenters. The van der Waals surface area contributed by atoms with Gasteiger partial charge >= 0.3 is 0 Å². The Balaban J connectivity index is 2.20. The fourth-order valence-electron chi connectivity index (χ4n) is 1.80. The van der Waals surface area contributed by atoms with E-state index < -0.39 is 0 Å². The van der Waals surface area contributed by atoms with E-state index in [1.54, 1.807) is 41.5 Å². The second-order valence-corrected chi connectivity index (χ2v) is 6.98. The zero-order valence-electron chi connectivity index (χ0n) is 10.7. The van der Waals surface area contributed by atoms with Crippen LogP contribution in [0, 0.1) is 0 Å². The van der Waals surface area contributed by atoms with Gasteiger partial charge < -0.3 is 10.3 Å². The monoisotopic (exact) mass is 373 g/mol. The van der Waals surface area contributed by atoms with Crippen LogP contribution in [0.4, 0.5) is 5.69 Å². The van der Waals surface area contributed by atoms with Gasteiger partial charge in [0.15, 0.2) is 0 Å². The summed E-state index contributed by atoms with van der Waals surface area (Å²) < 4.78 is 1.04. The van der Waals surface area contributed by atoms with E-state index in [1.165, 1.54) is 0 Å². The molecule has 2 rings (SSSR count). The molecule has 106 valence electrons. The summed E-state index contributed by atoms with van der Waals surface area (Å²) in [6.07, 6.45) is 0. The highest BCUT2D eigenvalue weighted by Crippen LogP contribution is 2.24. The first-order chi connectivity index (χ1) is 9.51. The van der Waals surface area contributed by atoms with Crippen molar-refractivity contribution in [1.82, 2.24) is 4.90 Å². The highest BCUT2D eigenvalue weighted by atomic mass is 79.9. The largest absolute Gasteiger partial charge is 0.337 e. The number of rotatable bonds is 4. The first-order valence-electron chi connectivity index (χ1n) is 5.76. The molecule has 3 N–H and O–H groups in total. The molecule has 7 heteroatoms. The van der Waals surface area contributed by atoms with Gasteiger partial charge in [-0.2, -0.15) is 0 Å². The number of nitrogen functional groups attached to an aromatic ring is 1. The number of carbonyl (C=O) groups excluding carboxylic acids is 1. The lowest BCUT2D eigenvalue weighted by molar-refractivity contribution is 0.0786. The number of carbonyl (C=O) groups is 1. The highest BCUT2D eigenvalue weighted by molar-refractivity contribution is 9.11. The van der Waals surface area contributed by atoms with E-state index >= 15 is 0 Å². The summed E-state index contributed by atoms with van der Waals surface area (Å²) in [4.78, 5) is 14.1. The minimum absolute atomic E-state index is 0.136. The molecule has 0 saturated carbocycles.